The summed E-state index contributed by atoms with van der Waals surface area (Å²) in [5.74, 6) is -0.696. The predicted molar refractivity (Wildman–Crippen MR) is 133 cm³/mol. The second-order valence-corrected chi connectivity index (χ2v) is 9.71. The molecule has 0 bridgehead atoms. The zero-order valence-corrected chi connectivity index (χ0v) is 20.7. The Morgan fingerprint density at radius 2 is 1.80 bits per heavy atom. The zero-order valence-electron chi connectivity index (χ0n) is 19.0. The fraction of sp³-hybridized carbons (Fsp3) is 0.174. The number of aryl methyl sites for hydroxylation is 2. The number of methoxy groups -OCH3 is 1. The lowest BCUT2D eigenvalue weighted by Crippen LogP contribution is -2.14. The van der Waals surface area contributed by atoms with Gasteiger partial charge in [0.1, 0.15) is 5.82 Å². The Kier molecular flexibility index (Phi) is 7.42. The number of ether oxygens (including phenoxy) is 1. The first-order valence-corrected chi connectivity index (χ1v) is 12.2. The molecule has 2 N–H and O–H groups in total. The van der Waals surface area contributed by atoms with Gasteiger partial charge in [-0.05, 0) is 61.4 Å². The number of anilines is 2. The molecule has 0 radical (unpaired) electrons. The number of benzene rings is 2. The third-order valence-electron chi connectivity index (χ3n) is 4.67. The summed E-state index contributed by atoms with van der Waals surface area (Å²) >= 11 is 2.36. The molecule has 0 atom stereocenters. The summed E-state index contributed by atoms with van der Waals surface area (Å²) in [6.45, 7) is 3.94. The standard InChI is InChI=1S/C23H21FN6O3S2/c1-13-8-14(2)10-16(9-13)25-19(31)12-34-23-28-27-22(35-23)26-21(32)20-18(33-3)11-30(29-20)17-6-4-15(24)5-7-17/h4-11H,12H2,1-3H3,(H,25,31)(H,26,27,32). The molecule has 2 amide bonds. The van der Waals surface area contributed by atoms with Gasteiger partial charge in [0, 0.05) is 5.69 Å². The SMILES string of the molecule is COc1cn(-c2ccc(F)cc2)nc1C(=O)Nc1nnc(SCC(=O)Nc2cc(C)cc(C)c2)s1. The molecule has 0 aliphatic carbocycles. The number of nitrogens with zero attached hydrogens (tertiary/aromatic N) is 4. The first kappa shape index (κ1) is 24.4. The van der Waals surface area contributed by atoms with Crippen LogP contribution in [0.5, 0.6) is 5.75 Å². The maximum absolute atomic E-state index is 13.2. The summed E-state index contributed by atoms with van der Waals surface area (Å²) < 4.78 is 20.4. The van der Waals surface area contributed by atoms with Gasteiger partial charge in [-0.3, -0.25) is 14.9 Å². The van der Waals surface area contributed by atoms with Crippen LogP contribution in [0.4, 0.5) is 15.2 Å². The average molecular weight is 513 g/mol. The van der Waals surface area contributed by atoms with Crippen molar-refractivity contribution in [1.82, 2.24) is 20.0 Å². The summed E-state index contributed by atoms with van der Waals surface area (Å²) in [6.07, 6.45) is 1.53. The van der Waals surface area contributed by atoms with E-state index < -0.39 is 5.91 Å². The quantitative estimate of drug-likeness (QED) is 0.265. The van der Waals surface area contributed by atoms with Crippen molar-refractivity contribution in [2.75, 3.05) is 23.5 Å². The molecule has 0 saturated carbocycles. The van der Waals surface area contributed by atoms with Crippen molar-refractivity contribution in [3.63, 3.8) is 0 Å². The van der Waals surface area contributed by atoms with Crippen molar-refractivity contribution in [1.29, 1.82) is 0 Å². The monoisotopic (exact) mass is 512 g/mol. The van der Waals surface area contributed by atoms with E-state index in [-0.39, 0.29) is 34.1 Å². The second kappa shape index (κ2) is 10.7. The number of rotatable bonds is 8. The highest BCUT2D eigenvalue weighted by atomic mass is 32.2. The highest BCUT2D eigenvalue weighted by Crippen LogP contribution is 2.27. The number of halogens is 1. The van der Waals surface area contributed by atoms with E-state index in [1.165, 1.54) is 54.0 Å². The first-order valence-electron chi connectivity index (χ1n) is 10.4. The Labute approximate surface area is 208 Å². The van der Waals surface area contributed by atoms with Crippen molar-refractivity contribution >= 4 is 45.7 Å². The lowest BCUT2D eigenvalue weighted by molar-refractivity contribution is -0.113. The predicted octanol–water partition coefficient (Wildman–Crippen LogP) is 4.47. The molecule has 2 aromatic carbocycles. The van der Waals surface area contributed by atoms with E-state index in [0.29, 0.717) is 10.0 Å². The van der Waals surface area contributed by atoms with Gasteiger partial charge in [-0.1, -0.05) is 29.2 Å². The topological polar surface area (TPSA) is 111 Å². The van der Waals surface area contributed by atoms with Crippen LogP contribution in [0.2, 0.25) is 0 Å². The van der Waals surface area contributed by atoms with Gasteiger partial charge in [-0.25, -0.2) is 9.07 Å². The summed E-state index contributed by atoms with van der Waals surface area (Å²) in [5, 5.41) is 18.0. The molecule has 35 heavy (non-hydrogen) atoms. The highest BCUT2D eigenvalue weighted by Gasteiger charge is 2.20. The lowest BCUT2D eigenvalue weighted by Gasteiger charge is -2.06. The summed E-state index contributed by atoms with van der Waals surface area (Å²) in [6, 6.07) is 11.5. The van der Waals surface area contributed by atoms with E-state index in [4.69, 9.17) is 4.74 Å². The molecule has 2 aromatic heterocycles. The van der Waals surface area contributed by atoms with Crippen molar-refractivity contribution < 1.29 is 18.7 Å². The lowest BCUT2D eigenvalue weighted by atomic mass is 10.1. The third kappa shape index (κ3) is 6.22. The van der Waals surface area contributed by atoms with Crippen molar-refractivity contribution in [2.24, 2.45) is 0 Å². The van der Waals surface area contributed by atoms with Crippen LogP contribution in [0.25, 0.3) is 5.69 Å². The maximum atomic E-state index is 13.2. The van der Waals surface area contributed by atoms with Crippen LogP contribution < -0.4 is 15.4 Å². The molecule has 180 valence electrons. The number of carbonyl (C=O) groups is 2. The van der Waals surface area contributed by atoms with E-state index in [1.54, 1.807) is 0 Å². The van der Waals surface area contributed by atoms with Crippen LogP contribution in [-0.2, 0) is 4.79 Å². The molecule has 4 aromatic rings. The van der Waals surface area contributed by atoms with Crippen LogP contribution in [0, 0.1) is 19.7 Å². The van der Waals surface area contributed by atoms with E-state index in [9.17, 15) is 14.0 Å². The molecule has 4 rings (SSSR count). The van der Waals surface area contributed by atoms with Gasteiger partial charge in [0.2, 0.25) is 11.0 Å². The van der Waals surface area contributed by atoms with Crippen LogP contribution in [0.15, 0.2) is 53.0 Å². The van der Waals surface area contributed by atoms with Gasteiger partial charge < -0.3 is 10.1 Å². The molecule has 0 unspecified atom stereocenters. The first-order chi connectivity index (χ1) is 16.8. The van der Waals surface area contributed by atoms with Gasteiger partial charge in [-0.15, -0.1) is 10.2 Å². The molecule has 0 fully saturated rings. The van der Waals surface area contributed by atoms with Crippen molar-refractivity contribution in [2.45, 2.75) is 18.2 Å². The van der Waals surface area contributed by atoms with Crippen LogP contribution in [0.3, 0.4) is 0 Å². The Balaban J connectivity index is 1.36. The Hall–Kier alpha value is -3.77. The minimum Gasteiger partial charge on any atom is -0.493 e. The number of amides is 2. The molecular weight excluding hydrogens is 491 g/mol. The number of nitrogens with one attached hydrogen (secondary N) is 2. The highest BCUT2D eigenvalue weighted by molar-refractivity contribution is 8.01. The zero-order chi connectivity index (χ0) is 24.9. The minimum absolute atomic E-state index is 0.0362. The fourth-order valence-corrected chi connectivity index (χ4v) is 4.78. The number of hydrogen-bond acceptors (Lipinski definition) is 8. The summed E-state index contributed by atoms with van der Waals surface area (Å²) in [4.78, 5) is 25.1. The van der Waals surface area contributed by atoms with Crippen molar-refractivity contribution in [3.05, 3.63) is 71.3 Å². The Morgan fingerprint density at radius 1 is 1.09 bits per heavy atom. The van der Waals surface area contributed by atoms with E-state index in [2.05, 4.69) is 25.9 Å². The van der Waals surface area contributed by atoms with Gasteiger partial charge in [0.25, 0.3) is 5.91 Å². The number of thioether (sulfide) groups is 1. The summed E-state index contributed by atoms with van der Waals surface area (Å²) in [7, 11) is 1.42. The smallest absolute Gasteiger partial charge is 0.281 e. The normalized spacial score (nSPS) is 10.7. The van der Waals surface area contributed by atoms with E-state index in [1.807, 2.05) is 32.0 Å². The molecule has 0 aliphatic heterocycles. The van der Waals surface area contributed by atoms with Gasteiger partial charge in [0.05, 0.1) is 24.7 Å². The molecule has 0 saturated heterocycles. The Bertz CT molecular complexity index is 1350. The molecule has 2 heterocycles. The molecule has 0 spiro atoms. The Morgan fingerprint density at radius 3 is 2.49 bits per heavy atom. The van der Waals surface area contributed by atoms with Crippen LogP contribution >= 0.6 is 23.1 Å². The van der Waals surface area contributed by atoms with Crippen LogP contribution in [-0.4, -0.2) is 44.7 Å². The van der Waals surface area contributed by atoms with Crippen LogP contribution in [0.1, 0.15) is 21.6 Å². The fourth-order valence-electron chi connectivity index (χ4n) is 3.24. The van der Waals surface area contributed by atoms with Gasteiger partial charge in [0.15, 0.2) is 15.8 Å². The number of carbonyl (C=O) groups excluding carboxylic acids is 2. The third-order valence-corrected chi connectivity index (χ3v) is 6.64. The van der Waals surface area contributed by atoms with Crippen molar-refractivity contribution in [3.8, 4) is 11.4 Å². The molecule has 12 heteroatoms. The van der Waals surface area contributed by atoms with Gasteiger partial charge in [-0.2, -0.15) is 5.10 Å². The van der Waals surface area contributed by atoms with Gasteiger partial charge >= 0.3 is 0 Å². The summed E-state index contributed by atoms with van der Waals surface area (Å²) in [5.41, 5.74) is 3.48. The number of aromatic nitrogens is 4. The number of hydrogen-bond donors (Lipinski definition) is 2. The minimum atomic E-state index is -0.539. The van der Waals surface area contributed by atoms with E-state index >= 15 is 0 Å². The van der Waals surface area contributed by atoms with E-state index in [0.717, 1.165) is 28.2 Å². The maximum Gasteiger partial charge on any atom is 0.281 e. The average Bonchev–Trinajstić information content (AvgIpc) is 3.44. The molecule has 9 nitrogen and oxygen atoms in total. The largest absolute Gasteiger partial charge is 0.493 e. The molecule has 0 aliphatic rings. The second-order valence-electron chi connectivity index (χ2n) is 7.51. The molecular formula is C23H21FN6O3S2.